The molecule has 2 amide bonds. The first kappa shape index (κ1) is 22.9. The Hall–Kier alpha value is -2.13. The zero-order chi connectivity index (χ0) is 20.6. The first-order valence-corrected chi connectivity index (χ1v) is 10.3. The van der Waals surface area contributed by atoms with Gasteiger partial charge in [-0.05, 0) is 58.4 Å². The number of carbonyl (C=O) groups excluding carboxylic acids is 2. The van der Waals surface area contributed by atoms with Crippen molar-refractivity contribution >= 4 is 21.8 Å². The van der Waals surface area contributed by atoms with Crippen LogP contribution in [0.1, 0.15) is 40.5 Å². The van der Waals surface area contributed by atoms with Crippen molar-refractivity contribution in [1.82, 2.24) is 15.4 Å². The van der Waals surface area contributed by atoms with Crippen LogP contribution in [-0.2, 0) is 19.6 Å². The van der Waals surface area contributed by atoms with E-state index in [-0.39, 0.29) is 35.7 Å². The maximum Gasteiger partial charge on any atom is 0.241 e. The lowest BCUT2D eigenvalue weighted by Gasteiger charge is -2.20. The minimum absolute atomic E-state index is 0.0114. The smallest absolute Gasteiger partial charge is 0.241 e. The summed E-state index contributed by atoms with van der Waals surface area (Å²) in [5.41, 5.74) is 0. The van der Waals surface area contributed by atoms with Crippen molar-refractivity contribution in [3.8, 4) is 5.75 Å². The van der Waals surface area contributed by atoms with Gasteiger partial charge in [0.25, 0.3) is 0 Å². The van der Waals surface area contributed by atoms with Crippen molar-refractivity contribution in [3.05, 3.63) is 24.3 Å². The number of ether oxygens (including phenoxy) is 1. The first-order chi connectivity index (χ1) is 12.5. The molecule has 0 spiro atoms. The number of hydrogen-bond donors (Lipinski definition) is 3. The van der Waals surface area contributed by atoms with Gasteiger partial charge < -0.3 is 15.4 Å². The second kappa shape index (κ2) is 10.3. The van der Waals surface area contributed by atoms with E-state index in [4.69, 9.17) is 4.74 Å². The van der Waals surface area contributed by atoms with Gasteiger partial charge in [0.2, 0.25) is 21.8 Å². The summed E-state index contributed by atoms with van der Waals surface area (Å²) >= 11 is 0. The minimum Gasteiger partial charge on any atom is -0.497 e. The fraction of sp³-hybridized carbons (Fsp3) is 0.556. The number of hydrogen-bond acceptors (Lipinski definition) is 5. The van der Waals surface area contributed by atoms with Gasteiger partial charge in [-0.3, -0.25) is 9.59 Å². The number of rotatable bonds is 10. The van der Waals surface area contributed by atoms with E-state index in [0.29, 0.717) is 5.75 Å². The molecule has 0 unspecified atom stereocenters. The number of carbonyl (C=O) groups is 2. The Morgan fingerprint density at radius 1 is 1.00 bits per heavy atom. The molecule has 0 aliphatic rings. The number of methoxy groups -OCH3 is 1. The van der Waals surface area contributed by atoms with Crippen molar-refractivity contribution < 1.29 is 22.7 Å². The molecule has 0 radical (unpaired) electrons. The second-order valence-corrected chi connectivity index (χ2v) is 8.49. The van der Waals surface area contributed by atoms with Crippen LogP contribution >= 0.6 is 0 Å². The molecule has 1 aromatic rings. The fourth-order valence-electron chi connectivity index (χ4n) is 2.31. The Labute approximate surface area is 161 Å². The Morgan fingerprint density at radius 3 is 2.04 bits per heavy atom. The standard InChI is InChI=1S/C18H29N3O5S/c1-12(2)19-17(22)11-10-16(18(23)20-13(3)4)21-27(24,25)15-8-6-14(26-5)7-9-15/h6-9,12-13,16,21H,10-11H2,1-5H3,(H,19,22)(H,20,23)/t16-/m0/s1. The summed E-state index contributed by atoms with van der Waals surface area (Å²) in [4.78, 5) is 24.3. The summed E-state index contributed by atoms with van der Waals surface area (Å²) < 4.78 is 32.7. The summed E-state index contributed by atoms with van der Waals surface area (Å²) in [5.74, 6) is -0.191. The Morgan fingerprint density at radius 2 is 1.56 bits per heavy atom. The van der Waals surface area contributed by atoms with Gasteiger partial charge in [0, 0.05) is 18.5 Å². The van der Waals surface area contributed by atoms with Gasteiger partial charge in [-0.15, -0.1) is 0 Å². The minimum atomic E-state index is -3.93. The van der Waals surface area contributed by atoms with E-state index >= 15 is 0 Å². The van der Waals surface area contributed by atoms with Crippen LogP contribution in [-0.4, -0.2) is 45.5 Å². The average Bonchev–Trinajstić information content (AvgIpc) is 2.57. The number of nitrogens with one attached hydrogen (secondary N) is 3. The molecule has 0 aromatic heterocycles. The topological polar surface area (TPSA) is 114 Å². The monoisotopic (exact) mass is 399 g/mol. The third-order valence-corrected chi connectivity index (χ3v) is 5.01. The molecule has 0 fully saturated rings. The molecule has 0 heterocycles. The Kier molecular flexibility index (Phi) is 8.71. The molecule has 0 saturated heterocycles. The zero-order valence-corrected chi connectivity index (χ0v) is 17.2. The lowest BCUT2D eigenvalue weighted by Crippen LogP contribution is -2.49. The normalized spacial score (nSPS) is 12.7. The highest BCUT2D eigenvalue weighted by atomic mass is 32.2. The molecule has 8 nitrogen and oxygen atoms in total. The van der Waals surface area contributed by atoms with E-state index in [0.717, 1.165) is 0 Å². The molecule has 0 aliphatic heterocycles. The largest absolute Gasteiger partial charge is 0.497 e. The van der Waals surface area contributed by atoms with E-state index in [2.05, 4.69) is 15.4 Å². The quantitative estimate of drug-likeness (QED) is 0.547. The maximum atomic E-state index is 12.6. The van der Waals surface area contributed by atoms with Crippen molar-refractivity contribution in [3.63, 3.8) is 0 Å². The third-order valence-electron chi connectivity index (χ3n) is 3.52. The molecule has 1 rings (SSSR count). The molecular weight excluding hydrogens is 370 g/mol. The molecule has 0 saturated carbocycles. The first-order valence-electron chi connectivity index (χ1n) is 8.81. The summed E-state index contributed by atoms with van der Waals surface area (Å²) in [6.45, 7) is 7.21. The molecule has 27 heavy (non-hydrogen) atoms. The fourth-order valence-corrected chi connectivity index (χ4v) is 3.54. The summed E-state index contributed by atoms with van der Waals surface area (Å²) in [6, 6.07) is 4.58. The van der Waals surface area contributed by atoms with Gasteiger partial charge in [-0.25, -0.2) is 8.42 Å². The molecule has 9 heteroatoms. The van der Waals surface area contributed by atoms with Crippen molar-refractivity contribution in [2.75, 3.05) is 7.11 Å². The van der Waals surface area contributed by atoms with E-state index in [1.165, 1.54) is 31.4 Å². The van der Waals surface area contributed by atoms with Gasteiger partial charge >= 0.3 is 0 Å². The van der Waals surface area contributed by atoms with E-state index in [1.807, 2.05) is 13.8 Å². The molecule has 0 aliphatic carbocycles. The molecule has 3 N–H and O–H groups in total. The number of amides is 2. The lowest BCUT2D eigenvalue weighted by molar-refractivity contribution is -0.124. The highest BCUT2D eigenvalue weighted by Gasteiger charge is 2.26. The van der Waals surface area contributed by atoms with Crippen molar-refractivity contribution in [2.24, 2.45) is 0 Å². The molecule has 152 valence electrons. The van der Waals surface area contributed by atoms with Crippen molar-refractivity contribution in [2.45, 2.75) is 63.6 Å². The number of benzene rings is 1. The second-order valence-electron chi connectivity index (χ2n) is 6.77. The maximum absolute atomic E-state index is 12.6. The summed E-state index contributed by atoms with van der Waals surface area (Å²) in [6.07, 6.45) is 0.0754. The van der Waals surface area contributed by atoms with Crippen LogP contribution < -0.4 is 20.1 Å². The molecule has 1 aromatic carbocycles. The molecular formula is C18H29N3O5S. The van der Waals surface area contributed by atoms with Crippen molar-refractivity contribution in [1.29, 1.82) is 0 Å². The Bertz CT molecular complexity index is 730. The van der Waals surface area contributed by atoms with E-state index in [1.54, 1.807) is 13.8 Å². The van der Waals surface area contributed by atoms with E-state index in [9.17, 15) is 18.0 Å². The molecule has 1 atom stereocenters. The summed E-state index contributed by atoms with van der Waals surface area (Å²) in [7, 11) is -2.45. The predicted octanol–water partition coefficient (Wildman–Crippen LogP) is 1.17. The van der Waals surface area contributed by atoms with Crippen LogP contribution in [0.25, 0.3) is 0 Å². The van der Waals surface area contributed by atoms with Crippen LogP contribution in [0.5, 0.6) is 5.75 Å². The van der Waals surface area contributed by atoms with Gasteiger partial charge in [0.1, 0.15) is 11.8 Å². The van der Waals surface area contributed by atoms with Crippen LogP contribution in [0.15, 0.2) is 29.2 Å². The summed E-state index contributed by atoms with van der Waals surface area (Å²) in [5, 5.41) is 5.41. The average molecular weight is 400 g/mol. The third kappa shape index (κ3) is 7.96. The van der Waals surface area contributed by atoms with Gasteiger partial charge in [0.15, 0.2) is 0 Å². The van der Waals surface area contributed by atoms with E-state index < -0.39 is 22.0 Å². The number of sulfonamides is 1. The highest BCUT2D eigenvalue weighted by Crippen LogP contribution is 2.16. The lowest BCUT2D eigenvalue weighted by atomic mass is 10.1. The van der Waals surface area contributed by atoms with Crippen LogP contribution in [0.4, 0.5) is 0 Å². The van der Waals surface area contributed by atoms with Crippen LogP contribution in [0.2, 0.25) is 0 Å². The molecule has 0 bridgehead atoms. The Balaban J connectivity index is 2.93. The predicted molar refractivity (Wildman–Crippen MR) is 103 cm³/mol. The van der Waals surface area contributed by atoms with Gasteiger partial charge in [-0.1, -0.05) is 0 Å². The van der Waals surface area contributed by atoms with Crippen LogP contribution in [0, 0.1) is 0 Å². The van der Waals surface area contributed by atoms with Crippen LogP contribution in [0.3, 0.4) is 0 Å². The van der Waals surface area contributed by atoms with Gasteiger partial charge in [0.05, 0.1) is 12.0 Å². The zero-order valence-electron chi connectivity index (χ0n) is 16.4. The highest BCUT2D eigenvalue weighted by molar-refractivity contribution is 7.89. The SMILES string of the molecule is COc1ccc(S(=O)(=O)N[C@@H](CCC(=O)NC(C)C)C(=O)NC(C)C)cc1. The van der Waals surface area contributed by atoms with Gasteiger partial charge in [-0.2, -0.15) is 4.72 Å².